The van der Waals surface area contributed by atoms with Crippen LogP contribution in [0.3, 0.4) is 0 Å². The number of benzene rings is 2. The molecule has 2 saturated heterocycles. The van der Waals surface area contributed by atoms with Crippen molar-refractivity contribution >= 4 is 22.7 Å². The normalized spacial score (nSPS) is 19.6. The number of nitrogens with one attached hydrogen (secondary N) is 1. The van der Waals surface area contributed by atoms with E-state index in [0.717, 1.165) is 61.7 Å². The predicted molar refractivity (Wildman–Crippen MR) is 142 cm³/mol. The van der Waals surface area contributed by atoms with Gasteiger partial charge < -0.3 is 19.7 Å². The summed E-state index contributed by atoms with van der Waals surface area (Å²) in [4.78, 5) is 15.0. The first-order valence-corrected chi connectivity index (χ1v) is 12.9. The molecular formula is C28H37N5O2. The van der Waals surface area contributed by atoms with Gasteiger partial charge in [0.25, 0.3) is 0 Å². The van der Waals surface area contributed by atoms with Gasteiger partial charge in [-0.2, -0.15) is 4.98 Å². The average Bonchev–Trinajstić information content (AvgIpc) is 2.90. The second-order valence-electron chi connectivity index (χ2n) is 9.82. The maximum atomic E-state index is 5.60. The van der Waals surface area contributed by atoms with Crippen LogP contribution in [-0.2, 0) is 6.54 Å². The number of nitrogens with zero attached hydrogens (tertiary/aromatic N) is 4. The molecule has 1 unspecified atom stereocenters. The lowest BCUT2D eigenvalue weighted by atomic mass is 10.0. The number of ether oxygens (including phenoxy) is 2. The maximum Gasteiger partial charge on any atom is 0.228 e. The molecule has 1 N–H and O–H groups in total. The number of piperidine rings is 2. The SMILES string of the molecule is COc1cc2nc(N3CCCCC3C)nc(NC3CCN(Cc4ccccc4)CC3)c2cc1OC. The number of hydrogen-bond donors (Lipinski definition) is 1. The molecule has 1 atom stereocenters. The summed E-state index contributed by atoms with van der Waals surface area (Å²) in [6, 6.07) is 15.5. The van der Waals surface area contributed by atoms with Gasteiger partial charge in [-0.05, 0) is 50.7 Å². The van der Waals surface area contributed by atoms with Crippen LogP contribution in [0, 0.1) is 0 Å². The van der Waals surface area contributed by atoms with E-state index in [1.165, 1.54) is 24.8 Å². The Hall–Kier alpha value is -3.06. The Morgan fingerprint density at radius 2 is 1.66 bits per heavy atom. The molecule has 2 aliphatic rings. The number of methoxy groups -OCH3 is 2. The van der Waals surface area contributed by atoms with E-state index in [-0.39, 0.29) is 0 Å². The van der Waals surface area contributed by atoms with E-state index >= 15 is 0 Å². The molecule has 0 saturated carbocycles. The molecule has 0 radical (unpaired) electrons. The van der Waals surface area contributed by atoms with Crippen molar-refractivity contribution in [1.29, 1.82) is 0 Å². The first-order chi connectivity index (χ1) is 17.1. The van der Waals surface area contributed by atoms with Gasteiger partial charge in [-0.3, -0.25) is 4.90 Å². The smallest absolute Gasteiger partial charge is 0.228 e. The summed E-state index contributed by atoms with van der Waals surface area (Å²) in [5.74, 6) is 3.09. The topological polar surface area (TPSA) is 62.8 Å². The van der Waals surface area contributed by atoms with Gasteiger partial charge in [-0.15, -0.1) is 0 Å². The molecule has 2 aromatic carbocycles. The third kappa shape index (κ3) is 5.30. The van der Waals surface area contributed by atoms with Crippen molar-refractivity contribution in [3.05, 3.63) is 48.0 Å². The molecule has 1 aromatic heterocycles. The number of aromatic nitrogens is 2. The Morgan fingerprint density at radius 3 is 2.37 bits per heavy atom. The van der Waals surface area contributed by atoms with Gasteiger partial charge in [-0.25, -0.2) is 4.98 Å². The lowest BCUT2D eigenvalue weighted by molar-refractivity contribution is 0.211. The monoisotopic (exact) mass is 475 g/mol. The Kier molecular flexibility index (Phi) is 7.23. The van der Waals surface area contributed by atoms with Crippen LogP contribution in [0.5, 0.6) is 11.5 Å². The van der Waals surface area contributed by atoms with Crippen LogP contribution < -0.4 is 19.7 Å². The van der Waals surface area contributed by atoms with Gasteiger partial charge in [0.15, 0.2) is 11.5 Å². The zero-order valence-corrected chi connectivity index (χ0v) is 21.2. The van der Waals surface area contributed by atoms with Crippen LogP contribution in [0.25, 0.3) is 10.9 Å². The molecule has 0 bridgehead atoms. The van der Waals surface area contributed by atoms with Crippen molar-refractivity contribution in [2.24, 2.45) is 0 Å². The summed E-state index contributed by atoms with van der Waals surface area (Å²) in [6.45, 7) is 6.43. The highest BCUT2D eigenvalue weighted by atomic mass is 16.5. The van der Waals surface area contributed by atoms with Gasteiger partial charge in [0, 0.05) is 49.7 Å². The molecule has 7 nitrogen and oxygen atoms in total. The van der Waals surface area contributed by atoms with Crippen molar-refractivity contribution in [3.8, 4) is 11.5 Å². The molecule has 2 fully saturated rings. The summed E-state index contributed by atoms with van der Waals surface area (Å²) in [7, 11) is 3.34. The summed E-state index contributed by atoms with van der Waals surface area (Å²) >= 11 is 0. The quantitative estimate of drug-likeness (QED) is 0.510. The van der Waals surface area contributed by atoms with Crippen molar-refractivity contribution in [2.45, 2.75) is 57.7 Å². The zero-order valence-electron chi connectivity index (χ0n) is 21.2. The summed E-state index contributed by atoms with van der Waals surface area (Å²) in [6.07, 6.45) is 5.79. The molecule has 186 valence electrons. The van der Waals surface area contributed by atoms with Crippen LogP contribution in [0.1, 0.15) is 44.6 Å². The predicted octanol–water partition coefficient (Wildman–Crippen LogP) is 5.10. The molecule has 0 spiro atoms. The lowest BCUT2D eigenvalue weighted by Gasteiger charge is -2.35. The van der Waals surface area contributed by atoms with E-state index in [1.54, 1.807) is 14.2 Å². The van der Waals surface area contributed by atoms with Crippen molar-refractivity contribution in [2.75, 3.05) is 44.1 Å². The number of anilines is 2. The molecule has 7 heteroatoms. The maximum absolute atomic E-state index is 5.60. The van der Waals surface area contributed by atoms with Crippen molar-refractivity contribution in [1.82, 2.24) is 14.9 Å². The first-order valence-electron chi connectivity index (χ1n) is 12.9. The molecular weight excluding hydrogens is 438 g/mol. The van der Waals surface area contributed by atoms with Gasteiger partial charge in [0.2, 0.25) is 5.95 Å². The number of fused-ring (bicyclic) bond motifs is 1. The fraction of sp³-hybridized carbons (Fsp3) is 0.500. The molecule has 3 aromatic rings. The van der Waals surface area contributed by atoms with Crippen LogP contribution in [0.4, 0.5) is 11.8 Å². The molecule has 0 aliphatic carbocycles. The van der Waals surface area contributed by atoms with E-state index in [9.17, 15) is 0 Å². The van der Waals surface area contributed by atoms with E-state index in [0.29, 0.717) is 23.6 Å². The second kappa shape index (κ2) is 10.7. The van der Waals surface area contributed by atoms with Gasteiger partial charge in [0.05, 0.1) is 19.7 Å². The minimum Gasteiger partial charge on any atom is -0.493 e. The highest BCUT2D eigenvalue weighted by Gasteiger charge is 2.25. The highest BCUT2D eigenvalue weighted by molar-refractivity contribution is 5.93. The number of hydrogen-bond acceptors (Lipinski definition) is 7. The lowest BCUT2D eigenvalue weighted by Crippen LogP contribution is -2.40. The fourth-order valence-electron chi connectivity index (χ4n) is 5.35. The number of rotatable bonds is 7. The Balaban J connectivity index is 1.39. The number of likely N-dealkylation sites (tertiary alicyclic amines) is 1. The van der Waals surface area contributed by atoms with Crippen LogP contribution in [0.15, 0.2) is 42.5 Å². The summed E-state index contributed by atoms with van der Waals surface area (Å²) in [5.41, 5.74) is 2.26. The van der Waals surface area contributed by atoms with Gasteiger partial charge in [-0.1, -0.05) is 30.3 Å². The van der Waals surface area contributed by atoms with Gasteiger partial charge >= 0.3 is 0 Å². The van der Waals surface area contributed by atoms with Crippen LogP contribution >= 0.6 is 0 Å². The molecule has 2 aliphatic heterocycles. The minimum atomic E-state index is 0.375. The highest BCUT2D eigenvalue weighted by Crippen LogP contribution is 2.36. The Labute approximate surface area is 208 Å². The largest absolute Gasteiger partial charge is 0.493 e. The second-order valence-corrected chi connectivity index (χ2v) is 9.82. The molecule has 35 heavy (non-hydrogen) atoms. The standard InChI is InChI=1S/C28H37N5O2/c1-20-9-7-8-14-33(20)28-30-24-18-26(35-3)25(34-2)17-23(24)27(31-28)29-22-12-15-32(16-13-22)19-21-10-5-4-6-11-21/h4-6,10-11,17-18,20,22H,7-9,12-16,19H2,1-3H3,(H,29,30,31). The third-order valence-electron chi connectivity index (χ3n) is 7.43. The molecule has 0 amide bonds. The summed E-state index contributed by atoms with van der Waals surface area (Å²) < 4.78 is 11.2. The van der Waals surface area contributed by atoms with Crippen LogP contribution in [-0.4, -0.2) is 60.8 Å². The first kappa shape index (κ1) is 23.7. The third-order valence-corrected chi connectivity index (χ3v) is 7.43. The van der Waals surface area contributed by atoms with E-state index in [4.69, 9.17) is 19.4 Å². The van der Waals surface area contributed by atoms with E-state index in [1.807, 2.05) is 12.1 Å². The zero-order chi connectivity index (χ0) is 24.2. The molecule has 3 heterocycles. The fourth-order valence-corrected chi connectivity index (χ4v) is 5.35. The Morgan fingerprint density at radius 1 is 0.914 bits per heavy atom. The Bertz CT molecular complexity index is 1130. The van der Waals surface area contributed by atoms with Crippen molar-refractivity contribution < 1.29 is 9.47 Å². The van der Waals surface area contributed by atoms with Crippen molar-refractivity contribution in [3.63, 3.8) is 0 Å². The van der Waals surface area contributed by atoms with Crippen LogP contribution in [0.2, 0.25) is 0 Å². The van der Waals surface area contributed by atoms with E-state index < -0.39 is 0 Å². The molecule has 5 rings (SSSR count). The van der Waals surface area contributed by atoms with Gasteiger partial charge in [0.1, 0.15) is 5.82 Å². The van der Waals surface area contributed by atoms with E-state index in [2.05, 4.69) is 52.4 Å². The summed E-state index contributed by atoms with van der Waals surface area (Å²) in [5, 5.41) is 4.77. The minimum absolute atomic E-state index is 0.375. The average molecular weight is 476 g/mol.